The Morgan fingerprint density at radius 2 is 1.89 bits per heavy atom. The number of piperazine rings is 1. The van der Waals surface area contributed by atoms with E-state index in [0.717, 1.165) is 32.6 Å². The molecule has 7 heteroatoms. The lowest BCUT2D eigenvalue weighted by Crippen LogP contribution is -2.50. The van der Waals surface area contributed by atoms with E-state index < -0.39 is 0 Å². The Kier molecular flexibility index (Phi) is 9.55. The first kappa shape index (κ1) is 18.1. The first-order chi connectivity index (χ1) is 8.63. The second kappa shape index (κ2) is 10.00. The highest BCUT2D eigenvalue weighted by Crippen LogP contribution is 1.95. The second-order valence-corrected chi connectivity index (χ2v) is 4.65. The summed E-state index contributed by atoms with van der Waals surface area (Å²) in [5.74, 6) is 0.0785. The van der Waals surface area contributed by atoms with Crippen LogP contribution >= 0.6 is 12.4 Å². The molecule has 6 nitrogen and oxygen atoms in total. The standard InChI is InChI=1S/C12H24N4O2.ClH/c1-3-4-14-11(17)9-15(2)10-12(18)16-7-5-13-6-8-16;/h13H,3-10H2,1-2H3,(H,14,17);1H. The molecule has 1 aliphatic rings. The zero-order valence-corrected chi connectivity index (χ0v) is 12.6. The lowest BCUT2D eigenvalue weighted by molar-refractivity contribution is -0.133. The summed E-state index contributed by atoms with van der Waals surface area (Å²) in [6, 6.07) is 0. The van der Waals surface area contributed by atoms with E-state index in [1.54, 1.807) is 11.9 Å². The molecule has 0 bridgehead atoms. The molecule has 0 unspecified atom stereocenters. The monoisotopic (exact) mass is 292 g/mol. The summed E-state index contributed by atoms with van der Waals surface area (Å²) in [6.07, 6.45) is 0.926. The third-order valence-electron chi connectivity index (χ3n) is 2.86. The lowest BCUT2D eigenvalue weighted by Gasteiger charge is -2.29. The first-order valence-electron chi connectivity index (χ1n) is 6.57. The number of carbonyl (C=O) groups excluding carboxylic acids is 2. The minimum atomic E-state index is -0.0209. The van der Waals surface area contributed by atoms with Crippen LogP contribution in [0.25, 0.3) is 0 Å². The van der Waals surface area contributed by atoms with Gasteiger partial charge in [0.2, 0.25) is 11.8 Å². The van der Waals surface area contributed by atoms with Crippen molar-refractivity contribution in [3.63, 3.8) is 0 Å². The van der Waals surface area contributed by atoms with Crippen LogP contribution in [0, 0.1) is 0 Å². The zero-order valence-electron chi connectivity index (χ0n) is 11.8. The van der Waals surface area contributed by atoms with Crippen molar-refractivity contribution in [2.75, 3.05) is 52.9 Å². The van der Waals surface area contributed by atoms with E-state index in [4.69, 9.17) is 0 Å². The van der Waals surface area contributed by atoms with Crippen molar-refractivity contribution in [3.8, 4) is 0 Å². The summed E-state index contributed by atoms with van der Waals surface area (Å²) in [7, 11) is 1.80. The van der Waals surface area contributed by atoms with Crippen LogP contribution in [-0.2, 0) is 9.59 Å². The van der Waals surface area contributed by atoms with E-state index in [1.807, 2.05) is 11.8 Å². The molecule has 19 heavy (non-hydrogen) atoms. The molecule has 1 saturated heterocycles. The van der Waals surface area contributed by atoms with Gasteiger partial charge in [-0.2, -0.15) is 0 Å². The van der Waals surface area contributed by atoms with E-state index in [9.17, 15) is 9.59 Å². The SMILES string of the molecule is CCCNC(=O)CN(C)CC(=O)N1CCNCC1.Cl. The average molecular weight is 293 g/mol. The summed E-state index contributed by atoms with van der Waals surface area (Å²) < 4.78 is 0. The minimum Gasteiger partial charge on any atom is -0.355 e. The Bertz CT molecular complexity index is 283. The van der Waals surface area contributed by atoms with Crippen LogP contribution in [-0.4, -0.2) is 74.5 Å². The highest BCUT2D eigenvalue weighted by atomic mass is 35.5. The smallest absolute Gasteiger partial charge is 0.236 e. The van der Waals surface area contributed by atoms with E-state index >= 15 is 0 Å². The molecule has 0 spiro atoms. The van der Waals surface area contributed by atoms with Crippen LogP contribution in [0.2, 0.25) is 0 Å². The average Bonchev–Trinajstić information content (AvgIpc) is 2.37. The highest BCUT2D eigenvalue weighted by Gasteiger charge is 2.18. The Morgan fingerprint density at radius 3 is 2.47 bits per heavy atom. The maximum atomic E-state index is 11.9. The number of nitrogens with one attached hydrogen (secondary N) is 2. The van der Waals surface area contributed by atoms with Gasteiger partial charge in [-0.15, -0.1) is 12.4 Å². The van der Waals surface area contributed by atoms with Crippen molar-refractivity contribution >= 4 is 24.2 Å². The van der Waals surface area contributed by atoms with Crippen LogP contribution in [0.5, 0.6) is 0 Å². The van der Waals surface area contributed by atoms with Crippen LogP contribution in [0.1, 0.15) is 13.3 Å². The van der Waals surface area contributed by atoms with Crippen LogP contribution in [0.15, 0.2) is 0 Å². The number of halogens is 1. The van der Waals surface area contributed by atoms with E-state index in [2.05, 4.69) is 10.6 Å². The van der Waals surface area contributed by atoms with Crippen molar-refractivity contribution in [2.45, 2.75) is 13.3 Å². The van der Waals surface area contributed by atoms with E-state index in [1.165, 1.54) is 0 Å². The van der Waals surface area contributed by atoms with Crippen molar-refractivity contribution in [2.24, 2.45) is 0 Å². The van der Waals surface area contributed by atoms with Gasteiger partial charge in [0.25, 0.3) is 0 Å². The fourth-order valence-electron chi connectivity index (χ4n) is 1.87. The maximum Gasteiger partial charge on any atom is 0.236 e. The van der Waals surface area contributed by atoms with Crippen molar-refractivity contribution in [1.29, 1.82) is 0 Å². The third kappa shape index (κ3) is 7.34. The fourth-order valence-corrected chi connectivity index (χ4v) is 1.87. The number of hydrogen-bond acceptors (Lipinski definition) is 4. The molecular weight excluding hydrogens is 268 g/mol. The lowest BCUT2D eigenvalue weighted by atomic mass is 10.3. The number of nitrogens with zero attached hydrogens (tertiary/aromatic N) is 2. The molecule has 0 radical (unpaired) electrons. The molecule has 1 heterocycles. The second-order valence-electron chi connectivity index (χ2n) is 4.65. The Morgan fingerprint density at radius 1 is 1.26 bits per heavy atom. The van der Waals surface area contributed by atoms with Crippen LogP contribution in [0.4, 0.5) is 0 Å². The molecule has 0 aliphatic carbocycles. The predicted molar refractivity (Wildman–Crippen MR) is 77.5 cm³/mol. The highest BCUT2D eigenvalue weighted by molar-refractivity contribution is 5.85. The summed E-state index contributed by atoms with van der Waals surface area (Å²) in [5, 5.41) is 6.01. The zero-order chi connectivity index (χ0) is 13.4. The van der Waals surface area contributed by atoms with E-state index in [-0.39, 0.29) is 30.8 Å². The quantitative estimate of drug-likeness (QED) is 0.679. The number of carbonyl (C=O) groups is 2. The largest absolute Gasteiger partial charge is 0.355 e. The molecule has 112 valence electrons. The van der Waals surface area contributed by atoms with E-state index in [0.29, 0.717) is 13.1 Å². The predicted octanol–water partition coefficient (Wildman–Crippen LogP) is -0.702. The summed E-state index contributed by atoms with van der Waals surface area (Å²) in [6.45, 7) is 6.51. The van der Waals surface area contributed by atoms with Crippen molar-refractivity contribution < 1.29 is 9.59 Å². The Balaban J connectivity index is 0.00000324. The van der Waals surface area contributed by atoms with Gasteiger partial charge in [0.05, 0.1) is 13.1 Å². The van der Waals surface area contributed by atoms with Gasteiger partial charge in [0.15, 0.2) is 0 Å². The van der Waals surface area contributed by atoms with Crippen molar-refractivity contribution in [1.82, 2.24) is 20.4 Å². The van der Waals surface area contributed by atoms with Gasteiger partial charge < -0.3 is 15.5 Å². The van der Waals surface area contributed by atoms with Gasteiger partial charge in [0.1, 0.15) is 0 Å². The molecular formula is C12H25ClN4O2. The number of rotatable bonds is 6. The van der Waals surface area contributed by atoms with Gasteiger partial charge in [-0.1, -0.05) is 6.92 Å². The maximum absolute atomic E-state index is 11.9. The Hall–Kier alpha value is -0.850. The van der Waals surface area contributed by atoms with Crippen molar-refractivity contribution in [3.05, 3.63) is 0 Å². The first-order valence-corrected chi connectivity index (χ1v) is 6.57. The fraction of sp³-hybridized carbons (Fsp3) is 0.833. The molecule has 0 aromatic carbocycles. The molecule has 1 aliphatic heterocycles. The molecule has 2 amide bonds. The van der Waals surface area contributed by atoms with Crippen LogP contribution in [0.3, 0.4) is 0 Å². The molecule has 0 aromatic heterocycles. The molecule has 2 N–H and O–H groups in total. The van der Waals surface area contributed by atoms with Gasteiger partial charge in [-0.3, -0.25) is 14.5 Å². The molecule has 0 aromatic rings. The number of likely N-dealkylation sites (N-methyl/N-ethyl adjacent to an activating group) is 1. The molecule has 0 atom stereocenters. The minimum absolute atomic E-state index is 0. The number of hydrogen-bond donors (Lipinski definition) is 2. The van der Waals surface area contributed by atoms with Gasteiger partial charge in [-0.25, -0.2) is 0 Å². The summed E-state index contributed by atoms with van der Waals surface area (Å²) in [4.78, 5) is 27.0. The van der Waals surface area contributed by atoms with Gasteiger partial charge in [0, 0.05) is 32.7 Å². The molecule has 0 saturated carbocycles. The summed E-state index contributed by atoms with van der Waals surface area (Å²) >= 11 is 0. The topological polar surface area (TPSA) is 64.7 Å². The Labute approximate surface area is 121 Å². The van der Waals surface area contributed by atoms with Gasteiger partial charge in [-0.05, 0) is 13.5 Å². The van der Waals surface area contributed by atoms with Gasteiger partial charge >= 0.3 is 0 Å². The normalized spacial score (nSPS) is 15.0. The molecule has 1 rings (SSSR count). The third-order valence-corrected chi connectivity index (χ3v) is 2.86. The summed E-state index contributed by atoms with van der Waals surface area (Å²) in [5.41, 5.74) is 0. The number of amides is 2. The molecule has 1 fully saturated rings. The van der Waals surface area contributed by atoms with Crippen LogP contribution < -0.4 is 10.6 Å².